The number of rotatable bonds is 7. The van der Waals surface area contributed by atoms with Crippen molar-refractivity contribution < 1.29 is 24.6 Å². The molecule has 1 aromatic heterocycles. The predicted octanol–water partition coefficient (Wildman–Crippen LogP) is 0.111. The van der Waals surface area contributed by atoms with Crippen molar-refractivity contribution in [1.82, 2.24) is 10.3 Å². The fourth-order valence-electron chi connectivity index (χ4n) is 1.34. The van der Waals surface area contributed by atoms with E-state index in [0.717, 1.165) is 0 Å². The Morgan fingerprint density at radius 2 is 2.25 bits per heavy atom. The number of pyridine rings is 1. The number of aromatic nitrogens is 1. The molecule has 0 aliphatic heterocycles. The average Bonchev–Trinajstić information content (AvgIpc) is 2.42. The van der Waals surface area contributed by atoms with Gasteiger partial charge in [-0.15, -0.1) is 0 Å². The highest BCUT2D eigenvalue weighted by Gasteiger charge is 2.10. The van der Waals surface area contributed by atoms with Gasteiger partial charge in [0.05, 0.1) is 24.5 Å². The van der Waals surface area contributed by atoms with Gasteiger partial charge in [-0.05, 0) is 12.1 Å². The minimum absolute atomic E-state index is 0.0365. The van der Waals surface area contributed by atoms with Gasteiger partial charge in [-0.1, -0.05) is 5.16 Å². The first-order valence-electron chi connectivity index (χ1n) is 5.77. The second kappa shape index (κ2) is 7.85. The number of carbonyl (C=O) groups is 2. The lowest BCUT2D eigenvalue weighted by molar-refractivity contribution is -0.119. The van der Waals surface area contributed by atoms with E-state index in [9.17, 15) is 9.59 Å². The van der Waals surface area contributed by atoms with E-state index in [-0.39, 0.29) is 36.1 Å². The molecule has 0 spiro atoms. The number of ether oxygens (including phenoxy) is 1. The van der Waals surface area contributed by atoms with E-state index in [1.54, 1.807) is 0 Å². The molecule has 1 rings (SSSR count). The van der Waals surface area contributed by atoms with Crippen molar-refractivity contribution in [2.45, 2.75) is 6.92 Å². The van der Waals surface area contributed by atoms with Crippen LogP contribution in [0.3, 0.4) is 0 Å². The molecule has 0 aliphatic rings. The third-order valence-corrected chi connectivity index (χ3v) is 2.28. The van der Waals surface area contributed by atoms with Crippen LogP contribution in [0.5, 0.6) is 0 Å². The molecule has 8 heteroatoms. The Labute approximate surface area is 115 Å². The number of nitrogens with one attached hydrogen (secondary N) is 1. The summed E-state index contributed by atoms with van der Waals surface area (Å²) in [6, 6.07) is 2.62. The minimum atomic E-state index is -1.10. The van der Waals surface area contributed by atoms with Gasteiger partial charge >= 0.3 is 5.97 Å². The molecule has 0 bridgehead atoms. The fourth-order valence-corrected chi connectivity index (χ4v) is 1.34. The molecule has 8 nitrogen and oxygen atoms in total. The Morgan fingerprint density at radius 3 is 2.85 bits per heavy atom. The zero-order valence-electron chi connectivity index (χ0n) is 10.9. The Kier molecular flexibility index (Phi) is 6.11. The van der Waals surface area contributed by atoms with Crippen LogP contribution in [0.1, 0.15) is 23.0 Å². The molecule has 0 aromatic carbocycles. The molecule has 1 amide bonds. The summed E-state index contributed by atoms with van der Waals surface area (Å²) in [7, 11) is 0. The molecule has 108 valence electrons. The van der Waals surface area contributed by atoms with Crippen LogP contribution in [0.25, 0.3) is 0 Å². The summed E-state index contributed by atoms with van der Waals surface area (Å²) in [5.41, 5.74) is 0.359. The lowest BCUT2D eigenvalue weighted by Crippen LogP contribution is -2.25. The summed E-state index contributed by atoms with van der Waals surface area (Å²) < 4.78 is 5.20. The minimum Gasteiger partial charge on any atom is -0.478 e. The zero-order chi connectivity index (χ0) is 15.0. The molecule has 0 aliphatic carbocycles. The molecule has 0 radical (unpaired) electrons. The topological polar surface area (TPSA) is 121 Å². The number of carboxylic acid groups (broad SMARTS) is 1. The van der Waals surface area contributed by atoms with Crippen molar-refractivity contribution in [3.63, 3.8) is 0 Å². The van der Waals surface area contributed by atoms with Crippen LogP contribution in [0.4, 0.5) is 0 Å². The van der Waals surface area contributed by atoms with E-state index < -0.39 is 5.97 Å². The standard InChI is InChI=1S/C12H15N3O5/c1-8(16)13-4-5-20-7-11(15-19)10-6-9(12(17)18)2-3-14-10/h2-3,6,19H,4-5,7H2,1H3,(H,13,16)(H,17,18)/b15-11+. The van der Waals surface area contributed by atoms with Gasteiger partial charge in [0, 0.05) is 19.7 Å². The highest BCUT2D eigenvalue weighted by atomic mass is 16.5. The Hall–Kier alpha value is -2.48. The van der Waals surface area contributed by atoms with Crippen molar-refractivity contribution in [2.75, 3.05) is 19.8 Å². The Balaban J connectivity index is 2.56. The van der Waals surface area contributed by atoms with E-state index in [4.69, 9.17) is 15.1 Å². The van der Waals surface area contributed by atoms with E-state index in [0.29, 0.717) is 6.54 Å². The molecule has 1 heterocycles. The van der Waals surface area contributed by atoms with Crippen LogP contribution < -0.4 is 5.32 Å². The molecule has 0 saturated carbocycles. The first-order chi connectivity index (χ1) is 9.54. The average molecular weight is 281 g/mol. The summed E-state index contributed by atoms with van der Waals surface area (Å²) >= 11 is 0. The van der Waals surface area contributed by atoms with Crippen molar-refractivity contribution in [2.24, 2.45) is 5.16 Å². The molecule has 20 heavy (non-hydrogen) atoms. The van der Waals surface area contributed by atoms with Gasteiger partial charge in [0.15, 0.2) is 0 Å². The van der Waals surface area contributed by atoms with Gasteiger partial charge < -0.3 is 20.4 Å². The lowest BCUT2D eigenvalue weighted by Gasteiger charge is -2.06. The monoisotopic (exact) mass is 281 g/mol. The predicted molar refractivity (Wildman–Crippen MR) is 69.0 cm³/mol. The van der Waals surface area contributed by atoms with Crippen LogP contribution in [0, 0.1) is 0 Å². The van der Waals surface area contributed by atoms with Crippen LogP contribution >= 0.6 is 0 Å². The highest BCUT2D eigenvalue weighted by Crippen LogP contribution is 2.04. The van der Waals surface area contributed by atoms with Gasteiger partial charge in [0.2, 0.25) is 5.91 Å². The summed E-state index contributed by atoms with van der Waals surface area (Å²) in [4.78, 5) is 25.4. The van der Waals surface area contributed by atoms with Crippen molar-refractivity contribution >= 4 is 17.6 Å². The highest BCUT2D eigenvalue weighted by molar-refractivity contribution is 6.01. The molecule has 0 saturated heterocycles. The SMILES string of the molecule is CC(=O)NCCOC/C(=N\O)c1cc(C(=O)O)ccn1. The second-order valence-corrected chi connectivity index (χ2v) is 3.82. The smallest absolute Gasteiger partial charge is 0.335 e. The quantitative estimate of drug-likeness (QED) is 0.282. The first kappa shape index (κ1) is 15.6. The van der Waals surface area contributed by atoms with E-state index in [2.05, 4.69) is 15.5 Å². The molecule has 0 fully saturated rings. The molecule has 3 N–H and O–H groups in total. The summed E-state index contributed by atoms with van der Waals surface area (Å²) in [6.45, 7) is 1.90. The maximum Gasteiger partial charge on any atom is 0.335 e. The van der Waals surface area contributed by atoms with E-state index >= 15 is 0 Å². The van der Waals surface area contributed by atoms with Crippen LogP contribution in [-0.4, -0.2) is 52.6 Å². The largest absolute Gasteiger partial charge is 0.478 e. The number of amides is 1. The van der Waals surface area contributed by atoms with Gasteiger partial charge in [-0.2, -0.15) is 0 Å². The number of oxime groups is 1. The van der Waals surface area contributed by atoms with Gasteiger partial charge in [0.25, 0.3) is 0 Å². The van der Waals surface area contributed by atoms with Crippen molar-refractivity contribution in [3.8, 4) is 0 Å². The van der Waals surface area contributed by atoms with Crippen molar-refractivity contribution in [3.05, 3.63) is 29.6 Å². The maximum atomic E-state index is 10.8. The molecular formula is C12H15N3O5. The fraction of sp³-hybridized carbons (Fsp3) is 0.333. The first-order valence-corrected chi connectivity index (χ1v) is 5.77. The van der Waals surface area contributed by atoms with Crippen LogP contribution in [0.2, 0.25) is 0 Å². The number of carbonyl (C=O) groups excluding carboxylic acids is 1. The lowest BCUT2D eigenvalue weighted by atomic mass is 10.2. The number of hydrogen-bond acceptors (Lipinski definition) is 6. The number of hydrogen-bond donors (Lipinski definition) is 3. The second-order valence-electron chi connectivity index (χ2n) is 3.82. The van der Waals surface area contributed by atoms with Gasteiger partial charge in [-0.3, -0.25) is 9.78 Å². The van der Waals surface area contributed by atoms with Crippen molar-refractivity contribution in [1.29, 1.82) is 0 Å². The molecule has 0 atom stereocenters. The third-order valence-electron chi connectivity index (χ3n) is 2.28. The number of carboxylic acids is 1. The Morgan fingerprint density at radius 1 is 1.50 bits per heavy atom. The van der Waals surface area contributed by atoms with E-state index in [1.165, 1.54) is 25.3 Å². The van der Waals surface area contributed by atoms with Gasteiger partial charge in [-0.25, -0.2) is 4.79 Å². The molecule has 0 unspecified atom stereocenters. The number of aromatic carboxylic acids is 1. The summed E-state index contributed by atoms with van der Waals surface area (Å²) in [6.07, 6.45) is 1.31. The van der Waals surface area contributed by atoms with Crippen LogP contribution in [-0.2, 0) is 9.53 Å². The summed E-state index contributed by atoms with van der Waals surface area (Å²) in [5, 5.41) is 23.3. The molecule has 1 aromatic rings. The zero-order valence-corrected chi connectivity index (χ0v) is 10.9. The van der Waals surface area contributed by atoms with Gasteiger partial charge in [0.1, 0.15) is 5.71 Å². The normalized spacial score (nSPS) is 11.2. The maximum absolute atomic E-state index is 10.8. The summed E-state index contributed by atoms with van der Waals surface area (Å²) in [5.74, 6) is -1.27. The van der Waals surface area contributed by atoms with Crippen LogP contribution in [0.15, 0.2) is 23.5 Å². The molecular weight excluding hydrogens is 266 g/mol. The Bertz CT molecular complexity index is 516. The third kappa shape index (κ3) is 5.02. The number of nitrogens with zero attached hydrogens (tertiary/aromatic N) is 2. The van der Waals surface area contributed by atoms with E-state index in [1.807, 2.05) is 0 Å².